The second-order valence-corrected chi connectivity index (χ2v) is 7.83. The zero-order valence-electron chi connectivity index (χ0n) is 15.8. The first kappa shape index (κ1) is 19.5. The van der Waals surface area contributed by atoms with Crippen LogP contribution in [0.15, 0.2) is 67.3 Å². The molecule has 0 radical (unpaired) electrons. The molecule has 2 aromatic heterocycles. The second kappa shape index (κ2) is 7.23. The molecule has 4 aromatic rings. The predicted octanol–water partition coefficient (Wildman–Crippen LogP) is 3.27. The Labute approximate surface area is 169 Å². The molecule has 0 aliphatic heterocycles. The maximum Gasteiger partial charge on any atom is 0.340 e. The van der Waals surface area contributed by atoms with Gasteiger partial charge in [0.1, 0.15) is 27.2 Å². The Kier molecular flexibility index (Phi) is 4.70. The van der Waals surface area contributed by atoms with Crippen LogP contribution in [0.3, 0.4) is 0 Å². The summed E-state index contributed by atoms with van der Waals surface area (Å²) in [7, 11) is -2.91. The zero-order chi connectivity index (χ0) is 21.5. The maximum absolute atomic E-state index is 12.8. The fourth-order valence-electron chi connectivity index (χ4n) is 3.04. The third kappa shape index (κ3) is 3.48. The van der Waals surface area contributed by atoms with Gasteiger partial charge in [0.2, 0.25) is 5.91 Å². The van der Waals surface area contributed by atoms with Crippen LogP contribution >= 0.6 is 0 Å². The average molecular weight is 429 g/mol. The summed E-state index contributed by atoms with van der Waals surface area (Å²) >= 11 is 0. The molecular formula is C20H15NO8S. The van der Waals surface area contributed by atoms with E-state index in [1.807, 2.05) is 0 Å². The minimum absolute atomic E-state index is 0.0491. The van der Waals surface area contributed by atoms with Gasteiger partial charge in [0.05, 0.1) is 24.8 Å². The summed E-state index contributed by atoms with van der Waals surface area (Å²) < 4.78 is 46.8. The molecule has 4 rings (SSSR count). The van der Waals surface area contributed by atoms with Gasteiger partial charge in [-0.05, 0) is 30.3 Å². The van der Waals surface area contributed by atoms with Gasteiger partial charge in [-0.25, -0.2) is 4.79 Å². The average Bonchev–Trinajstić information content (AvgIpc) is 3.14. The first-order valence-corrected chi connectivity index (χ1v) is 10.0. The number of hydrogen-bond donors (Lipinski definition) is 1. The third-order valence-electron chi connectivity index (χ3n) is 4.25. The fourth-order valence-corrected chi connectivity index (χ4v) is 3.97. The van der Waals surface area contributed by atoms with Gasteiger partial charge >= 0.3 is 15.7 Å². The lowest BCUT2D eigenvalue weighted by Gasteiger charge is -2.12. The highest BCUT2D eigenvalue weighted by atomic mass is 32.2. The number of hydrogen-bond acceptors (Lipinski definition) is 8. The van der Waals surface area contributed by atoms with Gasteiger partial charge in [0.25, 0.3) is 0 Å². The predicted molar refractivity (Wildman–Crippen MR) is 107 cm³/mol. The van der Waals surface area contributed by atoms with Crippen molar-refractivity contribution >= 4 is 43.7 Å². The molecule has 0 spiro atoms. The molecule has 2 aromatic carbocycles. The number of methoxy groups -OCH3 is 1. The number of fused-ring (bicyclic) bond motifs is 2. The van der Waals surface area contributed by atoms with E-state index in [4.69, 9.17) is 17.8 Å². The highest BCUT2D eigenvalue weighted by molar-refractivity contribution is 7.87. The van der Waals surface area contributed by atoms with Crippen molar-refractivity contribution < 1.29 is 31.0 Å². The number of amides is 1. The van der Waals surface area contributed by atoms with Gasteiger partial charge < -0.3 is 23.1 Å². The van der Waals surface area contributed by atoms with Crippen molar-refractivity contribution in [3.8, 4) is 11.5 Å². The Bertz CT molecular complexity index is 1430. The standard InChI is InChI=1S/C20H15NO8S/c1-11(22)21-12-3-5-13(6-4-12)30(24,25)29-17-10-18(23)28-16-9-15-14(7-8-27-15)20(26-2)19(16)17/h3-10H,1-2H3,(H,21,22). The number of carbonyl (C=O) groups excluding carboxylic acids is 1. The number of carbonyl (C=O) groups is 1. The normalized spacial score (nSPS) is 11.5. The Hall–Kier alpha value is -3.79. The van der Waals surface area contributed by atoms with E-state index in [-0.39, 0.29) is 33.3 Å². The molecule has 1 amide bonds. The van der Waals surface area contributed by atoms with Crippen LogP contribution in [0, 0.1) is 0 Å². The highest BCUT2D eigenvalue weighted by Gasteiger charge is 2.23. The van der Waals surface area contributed by atoms with Crippen molar-refractivity contribution in [1.29, 1.82) is 0 Å². The van der Waals surface area contributed by atoms with Gasteiger partial charge in [-0.2, -0.15) is 8.42 Å². The van der Waals surface area contributed by atoms with Crippen molar-refractivity contribution in [2.45, 2.75) is 11.8 Å². The molecule has 2 heterocycles. The van der Waals surface area contributed by atoms with Crippen LogP contribution in [0.2, 0.25) is 0 Å². The molecule has 0 aliphatic rings. The van der Waals surface area contributed by atoms with E-state index in [1.165, 1.54) is 50.6 Å². The molecule has 0 saturated carbocycles. The third-order valence-corrected chi connectivity index (χ3v) is 5.50. The first-order valence-electron chi connectivity index (χ1n) is 8.63. The Morgan fingerprint density at radius 3 is 2.47 bits per heavy atom. The van der Waals surface area contributed by atoms with Gasteiger partial charge in [-0.3, -0.25) is 4.79 Å². The number of benzene rings is 2. The summed E-state index contributed by atoms with van der Waals surface area (Å²) in [5.41, 5.74) is 0.0713. The maximum atomic E-state index is 12.8. The zero-order valence-corrected chi connectivity index (χ0v) is 16.6. The first-order chi connectivity index (χ1) is 14.3. The Morgan fingerprint density at radius 1 is 1.07 bits per heavy atom. The lowest BCUT2D eigenvalue weighted by molar-refractivity contribution is -0.114. The van der Waals surface area contributed by atoms with E-state index in [0.29, 0.717) is 16.7 Å². The van der Waals surface area contributed by atoms with Gasteiger partial charge in [0, 0.05) is 18.7 Å². The summed E-state index contributed by atoms with van der Waals surface area (Å²) in [5, 5.41) is 3.27. The van der Waals surface area contributed by atoms with Crippen LogP contribution in [0.5, 0.6) is 11.5 Å². The summed E-state index contributed by atoms with van der Waals surface area (Å²) in [4.78, 5) is 22.9. The van der Waals surface area contributed by atoms with E-state index in [9.17, 15) is 18.0 Å². The summed E-state index contributed by atoms with van der Waals surface area (Å²) in [6.45, 7) is 1.34. The topological polar surface area (TPSA) is 125 Å². The molecule has 0 unspecified atom stereocenters. The van der Waals surface area contributed by atoms with Crippen molar-refractivity contribution in [3.63, 3.8) is 0 Å². The highest BCUT2D eigenvalue weighted by Crippen LogP contribution is 2.40. The number of rotatable bonds is 5. The van der Waals surface area contributed by atoms with Crippen LogP contribution in [0.25, 0.3) is 21.9 Å². The molecule has 154 valence electrons. The SMILES string of the molecule is COc1c2ccoc2cc2oc(=O)cc(OS(=O)(=O)c3ccc(NC(C)=O)cc3)c12. The van der Waals surface area contributed by atoms with E-state index >= 15 is 0 Å². The summed E-state index contributed by atoms with van der Waals surface area (Å²) in [5.74, 6) is -0.291. The van der Waals surface area contributed by atoms with Crippen molar-refractivity contribution in [3.05, 3.63) is 59.1 Å². The van der Waals surface area contributed by atoms with Crippen LogP contribution in [-0.2, 0) is 14.9 Å². The monoisotopic (exact) mass is 429 g/mol. The van der Waals surface area contributed by atoms with Gasteiger partial charge in [-0.1, -0.05) is 0 Å². The van der Waals surface area contributed by atoms with Crippen LogP contribution in [0.1, 0.15) is 6.92 Å². The van der Waals surface area contributed by atoms with Crippen LogP contribution < -0.4 is 19.9 Å². The number of ether oxygens (including phenoxy) is 1. The van der Waals surface area contributed by atoms with E-state index in [0.717, 1.165) is 6.07 Å². The van der Waals surface area contributed by atoms with Gasteiger partial charge in [-0.15, -0.1) is 0 Å². The van der Waals surface area contributed by atoms with E-state index in [1.54, 1.807) is 6.07 Å². The Balaban J connectivity index is 1.83. The number of nitrogens with one attached hydrogen (secondary N) is 1. The van der Waals surface area contributed by atoms with E-state index in [2.05, 4.69) is 5.32 Å². The minimum Gasteiger partial charge on any atom is -0.495 e. The second-order valence-electron chi connectivity index (χ2n) is 6.29. The molecule has 0 aliphatic carbocycles. The largest absolute Gasteiger partial charge is 0.495 e. The molecule has 0 fully saturated rings. The van der Waals surface area contributed by atoms with Gasteiger partial charge in [0.15, 0.2) is 5.75 Å². The minimum atomic E-state index is -4.30. The Morgan fingerprint density at radius 2 is 1.80 bits per heavy atom. The summed E-state index contributed by atoms with van der Waals surface area (Å²) in [6.07, 6.45) is 1.43. The molecule has 9 nitrogen and oxygen atoms in total. The lowest BCUT2D eigenvalue weighted by Crippen LogP contribution is -2.12. The molecule has 0 atom stereocenters. The number of anilines is 1. The summed E-state index contributed by atoms with van der Waals surface area (Å²) in [6, 6.07) is 9.42. The smallest absolute Gasteiger partial charge is 0.340 e. The number of furan rings is 1. The molecule has 0 saturated heterocycles. The quantitative estimate of drug-likeness (QED) is 0.378. The molecule has 0 bridgehead atoms. The van der Waals surface area contributed by atoms with Crippen molar-refractivity contribution in [2.24, 2.45) is 0 Å². The van der Waals surface area contributed by atoms with Crippen LogP contribution in [0.4, 0.5) is 5.69 Å². The van der Waals surface area contributed by atoms with E-state index < -0.39 is 15.7 Å². The van der Waals surface area contributed by atoms with Crippen molar-refractivity contribution in [2.75, 3.05) is 12.4 Å². The lowest BCUT2D eigenvalue weighted by atomic mass is 10.1. The van der Waals surface area contributed by atoms with Crippen molar-refractivity contribution in [1.82, 2.24) is 0 Å². The molecule has 30 heavy (non-hydrogen) atoms. The van der Waals surface area contributed by atoms with Crippen LogP contribution in [-0.4, -0.2) is 21.4 Å². The fraction of sp³-hybridized carbons (Fsp3) is 0.100. The molecule has 10 heteroatoms. The molecule has 1 N–H and O–H groups in total. The molecular weight excluding hydrogens is 414 g/mol.